The van der Waals surface area contributed by atoms with E-state index in [1.54, 1.807) is 61.5 Å². The number of nitriles is 1. The molecule has 3 aromatic carbocycles. The average molecular weight is 652 g/mol. The maximum atomic E-state index is 13.9. The minimum Gasteiger partial charge on any atom is -0.348 e. The Morgan fingerprint density at radius 1 is 1.04 bits per heavy atom. The SMILES string of the molecule is Cc1cc(C#N)cc(C(=O)NCc2ccc(Cl)cc2)c1CC(=O)c1cc(Cn2cc(C(F)(F)F)nn2)nn1-c1ccccc1Cl. The zero-order chi connectivity index (χ0) is 32.3. The lowest BCUT2D eigenvalue weighted by Crippen LogP contribution is -2.25. The summed E-state index contributed by atoms with van der Waals surface area (Å²) in [6, 6.07) is 20.0. The van der Waals surface area contributed by atoms with Gasteiger partial charge in [-0.05, 0) is 66.1 Å². The summed E-state index contributed by atoms with van der Waals surface area (Å²) in [5, 5.41) is 24.4. The van der Waals surface area contributed by atoms with Crippen LogP contribution in [0.15, 0.2) is 72.9 Å². The lowest BCUT2D eigenvalue weighted by atomic mass is 9.93. The molecule has 228 valence electrons. The summed E-state index contributed by atoms with van der Waals surface area (Å²) >= 11 is 12.4. The van der Waals surface area contributed by atoms with Crippen molar-refractivity contribution in [1.82, 2.24) is 30.1 Å². The van der Waals surface area contributed by atoms with Crippen molar-refractivity contribution in [1.29, 1.82) is 5.26 Å². The van der Waals surface area contributed by atoms with Crippen LogP contribution in [0, 0.1) is 18.3 Å². The molecule has 1 amide bonds. The molecule has 9 nitrogen and oxygen atoms in total. The van der Waals surface area contributed by atoms with E-state index in [0.717, 1.165) is 16.4 Å². The number of benzene rings is 3. The number of aryl methyl sites for hydroxylation is 1. The first-order chi connectivity index (χ1) is 21.4. The maximum absolute atomic E-state index is 13.9. The first kappa shape index (κ1) is 31.4. The zero-order valence-corrected chi connectivity index (χ0v) is 25.0. The largest absolute Gasteiger partial charge is 0.436 e. The van der Waals surface area contributed by atoms with Crippen molar-refractivity contribution in [3.05, 3.63) is 128 Å². The van der Waals surface area contributed by atoms with E-state index >= 15 is 0 Å². The highest BCUT2D eigenvalue weighted by molar-refractivity contribution is 6.32. The van der Waals surface area contributed by atoms with E-state index in [4.69, 9.17) is 23.2 Å². The van der Waals surface area contributed by atoms with Crippen molar-refractivity contribution in [3.8, 4) is 11.8 Å². The third-order valence-electron chi connectivity index (χ3n) is 6.83. The number of para-hydroxylation sites is 1. The third kappa shape index (κ3) is 7.22. The van der Waals surface area contributed by atoms with Gasteiger partial charge in [-0.25, -0.2) is 9.36 Å². The highest BCUT2D eigenvalue weighted by Crippen LogP contribution is 2.28. The van der Waals surface area contributed by atoms with E-state index in [-0.39, 0.29) is 47.0 Å². The maximum Gasteiger partial charge on any atom is 0.436 e. The molecule has 2 aromatic heterocycles. The van der Waals surface area contributed by atoms with Crippen LogP contribution in [-0.2, 0) is 25.7 Å². The average Bonchev–Trinajstić information content (AvgIpc) is 3.65. The number of amides is 1. The number of halogens is 5. The molecule has 0 unspecified atom stereocenters. The van der Waals surface area contributed by atoms with Gasteiger partial charge in [0.25, 0.3) is 5.91 Å². The van der Waals surface area contributed by atoms with Gasteiger partial charge in [-0.3, -0.25) is 9.59 Å². The van der Waals surface area contributed by atoms with Crippen molar-refractivity contribution >= 4 is 34.9 Å². The number of hydrogen-bond donors (Lipinski definition) is 1. The molecule has 0 radical (unpaired) electrons. The first-order valence-corrected chi connectivity index (χ1v) is 14.1. The summed E-state index contributed by atoms with van der Waals surface area (Å²) in [6.45, 7) is 1.66. The van der Waals surface area contributed by atoms with Gasteiger partial charge in [0.05, 0.1) is 40.8 Å². The molecular weight excluding hydrogens is 630 g/mol. The van der Waals surface area contributed by atoms with E-state index in [0.29, 0.717) is 21.8 Å². The molecule has 0 aliphatic carbocycles. The highest BCUT2D eigenvalue weighted by atomic mass is 35.5. The van der Waals surface area contributed by atoms with Crippen LogP contribution in [-0.4, -0.2) is 36.5 Å². The van der Waals surface area contributed by atoms with Crippen LogP contribution in [0.1, 0.15) is 54.5 Å². The lowest BCUT2D eigenvalue weighted by Gasteiger charge is -2.14. The van der Waals surface area contributed by atoms with Gasteiger partial charge < -0.3 is 5.32 Å². The second kappa shape index (κ2) is 12.9. The fraction of sp³-hybridized carbons (Fsp3) is 0.161. The summed E-state index contributed by atoms with van der Waals surface area (Å²) in [5.74, 6) is -0.942. The number of aromatic nitrogens is 5. The monoisotopic (exact) mass is 651 g/mol. The molecule has 0 aliphatic heterocycles. The van der Waals surface area contributed by atoms with E-state index in [1.165, 1.54) is 16.8 Å². The topological polar surface area (TPSA) is 118 Å². The number of hydrogen-bond acceptors (Lipinski definition) is 6. The number of Topliss-reactive ketones (excluding diaryl/α,β-unsaturated/α-hetero) is 1. The Morgan fingerprint density at radius 2 is 1.78 bits per heavy atom. The summed E-state index contributed by atoms with van der Waals surface area (Å²) in [5.41, 5.74) is 1.63. The van der Waals surface area contributed by atoms with Crippen LogP contribution in [0.5, 0.6) is 0 Å². The van der Waals surface area contributed by atoms with Crippen molar-refractivity contribution in [2.45, 2.75) is 32.6 Å². The number of nitrogens with one attached hydrogen (secondary N) is 1. The fourth-order valence-electron chi connectivity index (χ4n) is 4.63. The van der Waals surface area contributed by atoms with Gasteiger partial charge in [-0.15, -0.1) is 5.10 Å². The molecular formula is C31H22Cl2F3N7O2. The number of alkyl halides is 3. The highest BCUT2D eigenvalue weighted by Gasteiger charge is 2.34. The van der Waals surface area contributed by atoms with Gasteiger partial charge in [-0.2, -0.15) is 23.5 Å². The second-order valence-corrected chi connectivity index (χ2v) is 10.9. The Bertz CT molecular complexity index is 1940. The Morgan fingerprint density at radius 3 is 2.44 bits per heavy atom. The number of rotatable bonds is 9. The number of ketones is 1. The molecule has 0 saturated heterocycles. The molecule has 0 saturated carbocycles. The molecule has 2 heterocycles. The van der Waals surface area contributed by atoms with Crippen molar-refractivity contribution in [2.75, 3.05) is 0 Å². The molecule has 5 rings (SSSR count). The quantitative estimate of drug-likeness (QED) is 0.185. The summed E-state index contributed by atoms with van der Waals surface area (Å²) in [4.78, 5) is 27.3. The minimum absolute atomic E-state index is 0.0746. The van der Waals surface area contributed by atoms with Crippen LogP contribution in [0.4, 0.5) is 13.2 Å². The van der Waals surface area contributed by atoms with Crippen LogP contribution in [0.3, 0.4) is 0 Å². The summed E-state index contributed by atoms with van der Waals surface area (Å²) in [7, 11) is 0. The minimum atomic E-state index is -4.67. The number of carbonyl (C=O) groups is 2. The van der Waals surface area contributed by atoms with Gasteiger partial charge in [-0.1, -0.05) is 52.7 Å². The van der Waals surface area contributed by atoms with E-state index in [9.17, 15) is 28.0 Å². The van der Waals surface area contributed by atoms with E-state index in [1.807, 2.05) is 6.07 Å². The van der Waals surface area contributed by atoms with Crippen molar-refractivity contribution in [2.24, 2.45) is 0 Å². The predicted octanol–water partition coefficient (Wildman–Crippen LogP) is 6.37. The number of carbonyl (C=O) groups excluding carboxylic acids is 2. The standard InChI is InChI=1S/C31H22Cl2F3N7O2/c1-18-10-20(14-37)11-24(30(45)38-15-19-6-8-21(32)9-7-19)23(18)13-28(44)27-12-22(16-42-17-29(39-41-42)31(34,35)36)40-43(27)26-5-3-2-4-25(26)33/h2-12,17H,13,15-16H2,1H3,(H,38,45). The van der Waals surface area contributed by atoms with Gasteiger partial charge in [0, 0.05) is 23.6 Å². The smallest absolute Gasteiger partial charge is 0.348 e. The molecule has 5 aromatic rings. The van der Waals surface area contributed by atoms with Crippen LogP contribution in [0.25, 0.3) is 5.69 Å². The van der Waals surface area contributed by atoms with Crippen LogP contribution >= 0.6 is 23.2 Å². The molecule has 0 fully saturated rings. The Hall–Kier alpha value is -4.99. The van der Waals surface area contributed by atoms with E-state index < -0.39 is 23.6 Å². The molecule has 0 aliphatic rings. The van der Waals surface area contributed by atoms with Crippen molar-refractivity contribution < 1.29 is 22.8 Å². The molecule has 14 heteroatoms. The van der Waals surface area contributed by atoms with Gasteiger partial charge >= 0.3 is 6.18 Å². The van der Waals surface area contributed by atoms with Gasteiger partial charge in [0.2, 0.25) is 0 Å². The van der Waals surface area contributed by atoms with Gasteiger partial charge in [0.1, 0.15) is 5.69 Å². The molecule has 1 N–H and O–H groups in total. The Kier molecular flexibility index (Phi) is 9.04. The molecule has 45 heavy (non-hydrogen) atoms. The summed E-state index contributed by atoms with van der Waals surface area (Å²) < 4.78 is 41.4. The zero-order valence-electron chi connectivity index (χ0n) is 23.4. The van der Waals surface area contributed by atoms with Crippen molar-refractivity contribution in [3.63, 3.8) is 0 Å². The fourth-order valence-corrected chi connectivity index (χ4v) is 4.98. The Balaban J connectivity index is 1.48. The Labute approximate surface area is 264 Å². The lowest BCUT2D eigenvalue weighted by molar-refractivity contribution is -0.141. The third-order valence-corrected chi connectivity index (χ3v) is 7.40. The normalized spacial score (nSPS) is 11.3. The van der Waals surface area contributed by atoms with Crippen LogP contribution < -0.4 is 5.32 Å². The second-order valence-electron chi connectivity index (χ2n) is 10.0. The predicted molar refractivity (Wildman–Crippen MR) is 159 cm³/mol. The molecule has 0 spiro atoms. The molecule has 0 atom stereocenters. The number of nitrogens with zero attached hydrogens (tertiary/aromatic N) is 6. The summed E-state index contributed by atoms with van der Waals surface area (Å²) in [6.07, 6.45) is -4.18. The first-order valence-electron chi connectivity index (χ1n) is 13.3. The molecule has 0 bridgehead atoms. The van der Waals surface area contributed by atoms with Crippen LogP contribution in [0.2, 0.25) is 10.0 Å². The van der Waals surface area contributed by atoms with E-state index in [2.05, 4.69) is 20.7 Å². The van der Waals surface area contributed by atoms with Gasteiger partial charge in [0.15, 0.2) is 11.5 Å².